The molecule has 0 radical (unpaired) electrons. The molecule has 1 aromatic heterocycles. The van der Waals surface area contributed by atoms with Crippen molar-refractivity contribution < 1.29 is 56.2 Å². The maximum Gasteiger partial charge on any atom is 1.00 e. The van der Waals surface area contributed by atoms with Crippen LogP contribution in [0.5, 0.6) is 0 Å². The summed E-state index contributed by atoms with van der Waals surface area (Å²) in [5, 5.41) is 0.156. The van der Waals surface area contributed by atoms with Gasteiger partial charge in [0, 0.05) is 11.4 Å². The van der Waals surface area contributed by atoms with Crippen molar-refractivity contribution in [2.45, 2.75) is 5.16 Å². The molecule has 1 aromatic rings. The Morgan fingerprint density at radius 1 is 1.64 bits per heavy atom. The molecule has 0 aliphatic rings. The van der Waals surface area contributed by atoms with E-state index >= 15 is 0 Å². The molecule has 0 fully saturated rings. The number of hydrogen-bond donors (Lipinski definition) is 1. The summed E-state index contributed by atoms with van der Waals surface area (Å²) in [4.78, 5) is 17.3. The second-order valence-corrected chi connectivity index (χ2v) is 1.98. The molecule has 11 heavy (non-hydrogen) atoms. The van der Waals surface area contributed by atoms with Crippen molar-refractivity contribution in [1.82, 2.24) is 9.97 Å². The van der Waals surface area contributed by atoms with E-state index in [2.05, 4.69) is 22.6 Å². The summed E-state index contributed by atoms with van der Waals surface area (Å²) in [6.07, 6.45) is 1.89. The van der Waals surface area contributed by atoms with Crippen LogP contribution in [0.4, 0.5) is 5.82 Å². The van der Waals surface area contributed by atoms with Crippen molar-refractivity contribution in [2.75, 3.05) is 5.73 Å². The van der Waals surface area contributed by atoms with Crippen molar-refractivity contribution in [2.24, 2.45) is 0 Å². The first kappa shape index (κ1) is 11.4. The van der Waals surface area contributed by atoms with E-state index in [1.165, 1.54) is 6.20 Å². The summed E-state index contributed by atoms with van der Waals surface area (Å²) < 4.78 is 0. The summed E-state index contributed by atoms with van der Waals surface area (Å²) in [7, 11) is 0. The molecule has 52 valence electrons. The van der Waals surface area contributed by atoms with Crippen molar-refractivity contribution in [3.8, 4) is 0 Å². The predicted octanol–water partition coefficient (Wildman–Crippen LogP) is -3.22. The molecule has 0 saturated carbocycles. The van der Waals surface area contributed by atoms with Crippen molar-refractivity contribution in [1.29, 1.82) is 0 Å². The molecule has 1 rings (SSSR count). The number of aldehydes is 1. The van der Waals surface area contributed by atoms with Crippen LogP contribution in [-0.2, 0) is 12.6 Å². The Morgan fingerprint density at radius 3 is 2.73 bits per heavy atom. The van der Waals surface area contributed by atoms with Crippen molar-refractivity contribution >= 4 is 24.7 Å². The van der Waals surface area contributed by atoms with Gasteiger partial charge in [-0.1, -0.05) is 0 Å². The van der Waals surface area contributed by atoms with Gasteiger partial charge in [0.2, 0.25) is 0 Å². The fourth-order valence-corrected chi connectivity index (χ4v) is 0.629. The van der Waals surface area contributed by atoms with Gasteiger partial charge in [-0.05, 0) is 0 Å². The van der Waals surface area contributed by atoms with Gasteiger partial charge >= 0.3 is 51.4 Å². The third kappa shape index (κ3) is 3.10. The normalized spacial score (nSPS) is 8.36. The van der Waals surface area contributed by atoms with Crippen LogP contribution in [0.3, 0.4) is 0 Å². The minimum atomic E-state index is 0. The minimum absolute atomic E-state index is 0. The van der Waals surface area contributed by atoms with E-state index in [1.54, 1.807) is 0 Å². The van der Waals surface area contributed by atoms with Crippen molar-refractivity contribution in [3.63, 3.8) is 0 Å². The Kier molecular flexibility index (Phi) is 5.31. The summed E-state index contributed by atoms with van der Waals surface area (Å²) >= 11 is 4.59. The van der Waals surface area contributed by atoms with Crippen LogP contribution in [0.2, 0.25) is 0 Å². The van der Waals surface area contributed by atoms with E-state index in [0.717, 1.165) is 0 Å². The van der Waals surface area contributed by atoms with Crippen LogP contribution < -0.4 is 57.1 Å². The second-order valence-electron chi connectivity index (χ2n) is 1.61. The molecular weight excluding hydrogens is 189 g/mol. The number of carbonyl (C=O) groups is 1. The first-order valence-electron chi connectivity index (χ1n) is 2.48. The van der Waals surface area contributed by atoms with E-state index in [-0.39, 0.29) is 67.9 Å². The average Bonchev–Trinajstić information content (AvgIpc) is 1.88. The largest absolute Gasteiger partial charge is 1.00 e. The number of aromatic nitrogens is 2. The zero-order valence-electron chi connectivity index (χ0n) is 5.94. The summed E-state index contributed by atoms with van der Waals surface area (Å²) in [5.41, 5.74) is 5.55. The molecule has 4 nitrogen and oxygen atoms in total. The topological polar surface area (TPSA) is 68.9 Å². The first-order chi connectivity index (χ1) is 4.74. The van der Waals surface area contributed by atoms with Gasteiger partial charge in [0.15, 0.2) is 6.29 Å². The first-order valence-corrected chi connectivity index (χ1v) is 2.89. The maximum atomic E-state index is 10.1. The quantitative estimate of drug-likeness (QED) is 0.220. The van der Waals surface area contributed by atoms with Gasteiger partial charge in [0.1, 0.15) is 5.82 Å². The van der Waals surface area contributed by atoms with Gasteiger partial charge in [-0.25, -0.2) is 4.98 Å². The van der Waals surface area contributed by atoms with Gasteiger partial charge < -0.3 is 18.4 Å². The van der Waals surface area contributed by atoms with Crippen LogP contribution in [-0.4, -0.2) is 16.3 Å². The Balaban J connectivity index is 0.000001000. The summed E-state index contributed by atoms with van der Waals surface area (Å²) in [6, 6.07) is 0. The third-order valence-electron chi connectivity index (χ3n) is 0.953. The van der Waals surface area contributed by atoms with Crippen LogP contribution in [0, 0.1) is 0 Å². The van der Waals surface area contributed by atoms with E-state index in [1.807, 2.05) is 0 Å². The van der Waals surface area contributed by atoms with Crippen LogP contribution in [0.25, 0.3) is 0 Å². The maximum absolute atomic E-state index is 10.1. The molecule has 1 heterocycles. The number of rotatable bonds is 1. The van der Waals surface area contributed by atoms with Gasteiger partial charge in [0.25, 0.3) is 0 Å². The smallest absolute Gasteiger partial charge is 0.740 e. The molecule has 0 unspecified atom stereocenters. The number of hydrogen-bond acceptors (Lipinski definition) is 5. The molecule has 0 aromatic carbocycles. The third-order valence-corrected chi connectivity index (χ3v) is 1.15. The number of nitrogens with two attached hydrogens (primary N) is 1. The number of carbonyl (C=O) groups excluding carboxylic acids is 1. The Labute approximate surface area is 112 Å². The summed E-state index contributed by atoms with van der Waals surface area (Å²) in [6.45, 7) is 0. The van der Waals surface area contributed by atoms with Crippen LogP contribution >= 0.6 is 0 Å². The van der Waals surface area contributed by atoms with Gasteiger partial charge in [-0.15, -0.1) is 0 Å². The fourth-order valence-electron chi connectivity index (χ4n) is 0.478. The van der Waals surface area contributed by atoms with Gasteiger partial charge in [-0.3, -0.25) is 9.78 Å². The molecular formula is C5H4KN3OS. The van der Waals surface area contributed by atoms with Crippen molar-refractivity contribution in [3.05, 3.63) is 11.8 Å². The zero-order valence-corrected chi connectivity index (χ0v) is 9.88. The van der Waals surface area contributed by atoms with E-state index < -0.39 is 0 Å². The van der Waals surface area contributed by atoms with Crippen LogP contribution in [0.1, 0.15) is 10.4 Å². The molecule has 0 saturated heterocycles. The monoisotopic (exact) mass is 193 g/mol. The second kappa shape index (κ2) is 5.12. The predicted molar refractivity (Wildman–Crippen MR) is 37.5 cm³/mol. The molecule has 0 amide bonds. The fraction of sp³-hybridized carbons (Fsp3) is 0. The molecule has 0 aliphatic heterocycles. The van der Waals surface area contributed by atoms with E-state index in [4.69, 9.17) is 5.73 Å². The van der Waals surface area contributed by atoms with Gasteiger partial charge in [0.05, 0.1) is 5.56 Å². The van der Waals surface area contributed by atoms with Gasteiger partial charge in [-0.2, -0.15) is 0 Å². The molecule has 6 heteroatoms. The Morgan fingerprint density at radius 2 is 2.27 bits per heavy atom. The Hall–Kier alpha value is 0.406. The zero-order chi connectivity index (χ0) is 7.56. The molecule has 0 spiro atoms. The molecule has 0 atom stereocenters. The Bertz CT molecular complexity index is 268. The molecule has 0 bridgehead atoms. The van der Waals surface area contributed by atoms with E-state index in [0.29, 0.717) is 6.29 Å². The number of nitrogen functional groups attached to an aromatic ring is 1. The SMILES string of the molecule is Nc1nc([S-])ncc1C=O.[K+]. The molecule has 2 N–H and O–H groups in total. The minimum Gasteiger partial charge on any atom is -0.740 e. The molecule has 0 aliphatic carbocycles. The van der Waals surface area contributed by atoms with Crippen LogP contribution in [0.15, 0.2) is 11.4 Å². The van der Waals surface area contributed by atoms with E-state index in [9.17, 15) is 4.79 Å². The average molecular weight is 193 g/mol. The standard InChI is InChI=1S/C5H5N3OS.K/c6-4-3(2-9)1-7-5(10)8-4;/h1-2H,(H3,6,7,8,10);/q;+1/p-1. The summed E-state index contributed by atoms with van der Waals surface area (Å²) in [5.74, 6) is 0.134. The number of anilines is 1. The number of nitrogens with zero attached hydrogens (tertiary/aromatic N) is 2.